The molecule has 0 aliphatic carbocycles. The lowest BCUT2D eigenvalue weighted by Gasteiger charge is -2.13. The van der Waals surface area contributed by atoms with Crippen LogP contribution in [-0.2, 0) is 6.54 Å². The van der Waals surface area contributed by atoms with Gasteiger partial charge >= 0.3 is 0 Å². The Morgan fingerprint density at radius 3 is 2.26 bits per heavy atom. The van der Waals surface area contributed by atoms with Crippen LogP contribution in [0.25, 0.3) is 9.69 Å². The van der Waals surface area contributed by atoms with Crippen molar-refractivity contribution in [3.63, 3.8) is 0 Å². The Balaban J connectivity index is 2.22. The minimum absolute atomic E-state index is 0.258. The van der Waals surface area contributed by atoms with Gasteiger partial charge in [0.05, 0.1) is 27.4 Å². The highest BCUT2D eigenvalue weighted by molar-refractivity contribution is 5.83. The van der Waals surface area contributed by atoms with E-state index in [9.17, 15) is 0 Å². The minimum atomic E-state index is 0.258. The second kappa shape index (κ2) is 7.06. The van der Waals surface area contributed by atoms with Gasteiger partial charge in [-0.2, -0.15) is 0 Å². The van der Waals surface area contributed by atoms with Crippen molar-refractivity contribution in [3.8, 4) is 11.5 Å². The van der Waals surface area contributed by atoms with Crippen LogP contribution in [0.1, 0.15) is 5.56 Å². The van der Waals surface area contributed by atoms with Gasteiger partial charge in [0.2, 0.25) is 0 Å². The van der Waals surface area contributed by atoms with E-state index in [0.717, 1.165) is 5.56 Å². The lowest BCUT2D eigenvalue weighted by atomic mass is 10.1. The number of nitrogen functional groups attached to an aromatic ring is 1. The summed E-state index contributed by atoms with van der Waals surface area (Å²) in [6, 6.07) is 8.71. The number of hydrogen-bond donors (Lipinski definition) is 2. The van der Waals surface area contributed by atoms with E-state index in [0.29, 0.717) is 29.4 Å². The van der Waals surface area contributed by atoms with Gasteiger partial charge in [0, 0.05) is 17.9 Å². The third kappa shape index (κ3) is 3.45. The smallest absolute Gasteiger partial charge is 0.196 e. The summed E-state index contributed by atoms with van der Waals surface area (Å²) >= 11 is 0. The summed E-state index contributed by atoms with van der Waals surface area (Å²) in [7, 11) is 3.17. The molecule has 0 radical (unpaired) electrons. The first-order valence-electron chi connectivity index (χ1n) is 6.76. The molecule has 116 valence electrons. The second-order valence-electron chi connectivity index (χ2n) is 4.69. The van der Waals surface area contributed by atoms with Gasteiger partial charge in [-0.25, -0.2) is 0 Å². The maximum atomic E-state index is 7.13. The van der Waals surface area contributed by atoms with Gasteiger partial charge in [-0.3, -0.25) is 9.69 Å². The van der Waals surface area contributed by atoms with Gasteiger partial charge in [-0.15, -0.1) is 0 Å². The number of benzene rings is 2. The minimum Gasteiger partial charge on any atom is -0.493 e. The molecule has 0 aliphatic rings. The average Bonchev–Trinajstić information content (AvgIpc) is 2.59. The Hall–Kier alpha value is -3.38. The van der Waals surface area contributed by atoms with Crippen LogP contribution in [0.2, 0.25) is 0 Å². The van der Waals surface area contributed by atoms with Gasteiger partial charge in [-0.05, 0) is 29.8 Å². The van der Waals surface area contributed by atoms with Crippen LogP contribution in [0.4, 0.5) is 22.7 Å². The number of anilines is 2. The molecule has 2 aromatic rings. The molecule has 23 heavy (non-hydrogen) atoms. The number of rotatable bonds is 5. The van der Waals surface area contributed by atoms with E-state index >= 15 is 0 Å². The molecule has 2 rings (SSSR count). The first-order valence-corrected chi connectivity index (χ1v) is 6.76. The summed E-state index contributed by atoms with van der Waals surface area (Å²) in [4.78, 5) is 6.65. The van der Waals surface area contributed by atoms with Crippen molar-refractivity contribution in [1.29, 1.82) is 0 Å². The fraction of sp³-hybridized carbons (Fsp3) is 0.176. The van der Waals surface area contributed by atoms with Crippen LogP contribution in [0.3, 0.4) is 0 Å². The number of nitrogens with two attached hydrogens (primary N) is 1. The third-order valence-corrected chi connectivity index (χ3v) is 3.32. The standard InChI is InChI=1S/C17H16N4O2/c1-19-14-8-12(18)13(9-15(14)20-2)21-10-11-5-6-16(22-3)17(7-11)23-4/h5-9,21H,10,18H2,3-4H3. The quantitative estimate of drug-likeness (QED) is 0.647. The zero-order valence-electron chi connectivity index (χ0n) is 12.9. The Labute approximate surface area is 135 Å². The predicted molar refractivity (Wildman–Crippen MR) is 90.3 cm³/mol. The molecule has 0 aliphatic heterocycles. The zero-order chi connectivity index (χ0) is 16.8. The maximum absolute atomic E-state index is 7.13. The highest BCUT2D eigenvalue weighted by Gasteiger charge is 2.09. The molecule has 0 bridgehead atoms. The molecular formula is C17H16N4O2. The maximum Gasteiger partial charge on any atom is 0.196 e. The van der Waals surface area contributed by atoms with Gasteiger partial charge in [0.25, 0.3) is 0 Å². The molecule has 6 heteroatoms. The summed E-state index contributed by atoms with van der Waals surface area (Å²) < 4.78 is 10.5. The molecule has 0 fully saturated rings. The summed E-state index contributed by atoms with van der Waals surface area (Å²) in [6.07, 6.45) is 0. The van der Waals surface area contributed by atoms with Gasteiger partial charge in [-0.1, -0.05) is 6.07 Å². The van der Waals surface area contributed by atoms with Gasteiger partial charge in [0.1, 0.15) is 0 Å². The average molecular weight is 308 g/mol. The van der Waals surface area contributed by atoms with Crippen molar-refractivity contribution in [2.45, 2.75) is 6.54 Å². The molecule has 6 nitrogen and oxygen atoms in total. The predicted octanol–water partition coefficient (Wildman–Crippen LogP) is 4.00. The number of methoxy groups -OCH3 is 2. The lowest BCUT2D eigenvalue weighted by molar-refractivity contribution is 0.354. The summed E-state index contributed by atoms with van der Waals surface area (Å²) in [5, 5.41) is 3.18. The number of ether oxygens (including phenoxy) is 2. The number of nitrogens with one attached hydrogen (secondary N) is 1. The lowest BCUT2D eigenvalue weighted by Crippen LogP contribution is -2.03. The monoisotopic (exact) mass is 308 g/mol. The van der Waals surface area contributed by atoms with Crippen LogP contribution < -0.4 is 20.5 Å². The Bertz CT molecular complexity index is 803. The Morgan fingerprint density at radius 2 is 1.65 bits per heavy atom. The molecule has 2 aromatic carbocycles. The third-order valence-electron chi connectivity index (χ3n) is 3.32. The van der Waals surface area contributed by atoms with Crippen LogP contribution in [-0.4, -0.2) is 14.2 Å². The van der Waals surface area contributed by atoms with Crippen LogP contribution in [0.5, 0.6) is 11.5 Å². The molecule has 0 spiro atoms. The largest absolute Gasteiger partial charge is 0.493 e. The molecule has 3 N–H and O–H groups in total. The van der Waals surface area contributed by atoms with Crippen molar-refractivity contribution in [2.75, 3.05) is 25.3 Å². The van der Waals surface area contributed by atoms with Crippen molar-refractivity contribution in [1.82, 2.24) is 0 Å². The van der Waals surface area contributed by atoms with E-state index in [2.05, 4.69) is 15.0 Å². The molecule has 0 amide bonds. The molecule has 0 saturated carbocycles. The van der Waals surface area contributed by atoms with Crippen LogP contribution in [0.15, 0.2) is 30.3 Å². The van der Waals surface area contributed by atoms with Gasteiger partial charge < -0.3 is 20.5 Å². The summed E-state index contributed by atoms with van der Waals surface area (Å²) in [5.74, 6) is 1.30. The second-order valence-corrected chi connectivity index (χ2v) is 4.69. The zero-order valence-corrected chi connectivity index (χ0v) is 12.9. The van der Waals surface area contributed by atoms with E-state index in [1.165, 1.54) is 6.07 Å². The molecule has 0 atom stereocenters. The summed E-state index contributed by atoms with van der Waals surface area (Å²) in [6.45, 7) is 14.7. The van der Waals surface area contributed by atoms with Crippen molar-refractivity contribution < 1.29 is 9.47 Å². The Kier molecular flexibility index (Phi) is 4.91. The first kappa shape index (κ1) is 16.0. The fourth-order valence-electron chi connectivity index (χ4n) is 2.11. The van der Waals surface area contributed by atoms with Crippen molar-refractivity contribution >= 4 is 22.7 Å². The fourth-order valence-corrected chi connectivity index (χ4v) is 2.11. The van der Waals surface area contributed by atoms with Crippen LogP contribution in [0, 0.1) is 13.1 Å². The molecule has 0 aromatic heterocycles. The number of hydrogen-bond acceptors (Lipinski definition) is 4. The van der Waals surface area contributed by atoms with E-state index in [1.54, 1.807) is 20.3 Å². The number of nitrogens with zero attached hydrogens (tertiary/aromatic N) is 2. The van der Waals surface area contributed by atoms with Crippen LogP contribution >= 0.6 is 0 Å². The summed E-state index contributed by atoms with van der Waals surface area (Å²) in [5.41, 5.74) is 8.50. The molecule has 0 heterocycles. The normalized spacial score (nSPS) is 9.57. The SMILES string of the molecule is [C-]#[N+]c1cc(N)c(NCc2ccc(OC)c(OC)c2)cc1[N+]#[C-]. The van der Waals surface area contributed by atoms with Gasteiger partial charge in [0.15, 0.2) is 22.9 Å². The highest BCUT2D eigenvalue weighted by atomic mass is 16.5. The molecule has 0 unspecified atom stereocenters. The van der Waals surface area contributed by atoms with Crippen molar-refractivity contribution in [3.05, 3.63) is 58.7 Å². The van der Waals surface area contributed by atoms with E-state index in [4.69, 9.17) is 28.4 Å². The molecule has 0 saturated heterocycles. The highest BCUT2D eigenvalue weighted by Crippen LogP contribution is 2.36. The van der Waals surface area contributed by atoms with E-state index in [1.807, 2.05) is 18.2 Å². The van der Waals surface area contributed by atoms with E-state index in [-0.39, 0.29) is 11.4 Å². The molecular weight excluding hydrogens is 292 g/mol. The van der Waals surface area contributed by atoms with Crippen molar-refractivity contribution in [2.24, 2.45) is 0 Å². The Morgan fingerprint density at radius 1 is 1.00 bits per heavy atom. The topological polar surface area (TPSA) is 65.2 Å². The first-order chi connectivity index (χ1) is 11.1. The van der Waals surface area contributed by atoms with E-state index < -0.39 is 0 Å².